The van der Waals surface area contributed by atoms with E-state index in [-0.39, 0.29) is 12.0 Å². The Hall–Kier alpha value is -0.610. The monoisotopic (exact) mass is 226 g/mol. The van der Waals surface area contributed by atoms with Crippen LogP contribution in [0.4, 0.5) is 0 Å². The molecule has 0 spiro atoms. The molecule has 4 nitrogen and oxygen atoms in total. The molecule has 16 heavy (non-hydrogen) atoms. The highest BCUT2D eigenvalue weighted by Gasteiger charge is 2.37. The Labute approximate surface area is 97.3 Å². The molecule has 0 aliphatic carbocycles. The summed E-state index contributed by atoms with van der Waals surface area (Å²) in [7, 11) is 0. The summed E-state index contributed by atoms with van der Waals surface area (Å²) in [6.45, 7) is 7.70. The van der Waals surface area contributed by atoms with Crippen molar-refractivity contribution >= 4 is 5.91 Å². The minimum absolute atomic E-state index is 0.188. The topological polar surface area (TPSA) is 41.6 Å². The van der Waals surface area contributed by atoms with Crippen molar-refractivity contribution in [3.8, 4) is 0 Å². The summed E-state index contributed by atoms with van der Waals surface area (Å²) < 4.78 is 5.56. The molecule has 0 saturated carbocycles. The molecule has 0 aromatic heterocycles. The largest absolute Gasteiger partial charge is 0.368 e. The molecule has 1 amide bonds. The molecule has 0 aromatic rings. The fraction of sp³-hybridized carbons (Fsp3) is 0.917. The molecule has 0 aromatic carbocycles. The molecule has 2 rings (SSSR count). The summed E-state index contributed by atoms with van der Waals surface area (Å²) in [6.07, 6.45) is 1.84. The second kappa shape index (κ2) is 5.15. The van der Waals surface area contributed by atoms with Gasteiger partial charge in [0.1, 0.15) is 6.10 Å². The van der Waals surface area contributed by atoms with Gasteiger partial charge in [-0.3, -0.25) is 4.79 Å². The van der Waals surface area contributed by atoms with Crippen LogP contribution in [0, 0.1) is 5.92 Å². The summed E-state index contributed by atoms with van der Waals surface area (Å²) in [5.41, 5.74) is 0. The van der Waals surface area contributed by atoms with Crippen LogP contribution in [-0.2, 0) is 9.53 Å². The molecular formula is C12H22N2O2. The number of ether oxygens (including phenoxy) is 1. The van der Waals surface area contributed by atoms with Gasteiger partial charge in [0.2, 0.25) is 0 Å². The van der Waals surface area contributed by atoms with Gasteiger partial charge in [0.05, 0.1) is 6.04 Å². The van der Waals surface area contributed by atoms with Crippen molar-refractivity contribution in [3.63, 3.8) is 0 Å². The fourth-order valence-corrected chi connectivity index (χ4v) is 2.38. The normalized spacial score (nSPS) is 30.1. The number of rotatable bonds is 4. The quantitative estimate of drug-likeness (QED) is 0.764. The Morgan fingerprint density at radius 2 is 2.25 bits per heavy atom. The van der Waals surface area contributed by atoms with Gasteiger partial charge in [-0.1, -0.05) is 13.8 Å². The Morgan fingerprint density at radius 1 is 1.50 bits per heavy atom. The van der Waals surface area contributed by atoms with Crippen molar-refractivity contribution in [2.45, 2.75) is 38.8 Å². The van der Waals surface area contributed by atoms with E-state index in [0.29, 0.717) is 12.0 Å². The van der Waals surface area contributed by atoms with Gasteiger partial charge in [0.15, 0.2) is 0 Å². The van der Waals surface area contributed by atoms with Crippen molar-refractivity contribution in [2.24, 2.45) is 5.92 Å². The third-order valence-electron chi connectivity index (χ3n) is 3.58. The molecule has 0 bridgehead atoms. The molecular weight excluding hydrogens is 204 g/mol. The Bertz CT molecular complexity index is 253. The average Bonchev–Trinajstić information content (AvgIpc) is 2.60. The minimum atomic E-state index is -0.188. The van der Waals surface area contributed by atoms with Crippen LogP contribution in [0.15, 0.2) is 0 Å². The van der Waals surface area contributed by atoms with Crippen LogP contribution in [0.1, 0.15) is 26.7 Å². The van der Waals surface area contributed by atoms with Crippen LogP contribution < -0.4 is 5.32 Å². The van der Waals surface area contributed by atoms with E-state index < -0.39 is 0 Å². The molecule has 92 valence electrons. The van der Waals surface area contributed by atoms with E-state index in [1.54, 1.807) is 0 Å². The van der Waals surface area contributed by atoms with Crippen molar-refractivity contribution < 1.29 is 9.53 Å². The predicted molar refractivity (Wildman–Crippen MR) is 62.2 cm³/mol. The number of nitrogens with one attached hydrogen (secondary N) is 1. The van der Waals surface area contributed by atoms with Crippen molar-refractivity contribution in [1.82, 2.24) is 10.2 Å². The second-order valence-corrected chi connectivity index (χ2v) is 4.90. The maximum atomic E-state index is 12.4. The number of hydrogen-bond acceptors (Lipinski definition) is 3. The lowest BCUT2D eigenvalue weighted by Gasteiger charge is -2.39. The Kier molecular flexibility index (Phi) is 3.82. The van der Waals surface area contributed by atoms with Gasteiger partial charge in [-0.2, -0.15) is 0 Å². The van der Waals surface area contributed by atoms with Crippen molar-refractivity contribution in [2.75, 3.05) is 26.2 Å². The first-order valence-corrected chi connectivity index (χ1v) is 6.36. The van der Waals surface area contributed by atoms with E-state index in [0.717, 1.165) is 39.1 Å². The van der Waals surface area contributed by atoms with Crippen molar-refractivity contribution in [1.29, 1.82) is 0 Å². The number of nitrogens with zero attached hydrogens (tertiary/aromatic N) is 1. The highest BCUT2D eigenvalue weighted by Crippen LogP contribution is 2.23. The van der Waals surface area contributed by atoms with E-state index >= 15 is 0 Å². The van der Waals surface area contributed by atoms with Gasteiger partial charge in [0.25, 0.3) is 5.91 Å². The molecule has 2 saturated heterocycles. The summed E-state index contributed by atoms with van der Waals surface area (Å²) in [5.74, 6) is 0.582. The predicted octanol–water partition coefficient (Wildman–Crippen LogP) is 0.622. The first kappa shape index (κ1) is 11.9. The molecule has 0 radical (unpaired) electrons. The number of carbonyl (C=O) groups excluding carboxylic acids is 1. The lowest BCUT2D eigenvalue weighted by atomic mass is 10.0. The lowest BCUT2D eigenvalue weighted by Crippen LogP contribution is -2.61. The maximum Gasteiger partial charge on any atom is 0.252 e. The third-order valence-corrected chi connectivity index (χ3v) is 3.58. The number of carbonyl (C=O) groups is 1. The van der Waals surface area contributed by atoms with E-state index in [2.05, 4.69) is 19.2 Å². The molecule has 4 heteroatoms. The van der Waals surface area contributed by atoms with Crippen LogP contribution in [0.5, 0.6) is 0 Å². The maximum absolute atomic E-state index is 12.4. The van der Waals surface area contributed by atoms with Crippen LogP contribution in [-0.4, -0.2) is 49.2 Å². The molecule has 2 fully saturated rings. The van der Waals surface area contributed by atoms with E-state index in [9.17, 15) is 4.79 Å². The van der Waals surface area contributed by atoms with E-state index in [1.807, 2.05) is 4.90 Å². The summed E-state index contributed by atoms with van der Waals surface area (Å²) >= 11 is 0. The molecule has 1 N–H and O–H groups in total. The minimum Gasteiger partial charge on any atom is -0.368 e. The smallest absolute Gasteiger partial charge is 0.252 e. The molecule has 2 aliphatic heterocycles. The first-order valence-electron chi connectivity index (χ1n) is 6.36. The fourth-order valence-electron chi connectivity index (χ4n) is 2.38. The average molecular weight is 226 g/mol. The SMILES string of the molecule is CCCN(C(=O)C1OCCC1C)C1CNC1. The number of hydrogen-bond donors (Lipinski definition) is 1. The van der Waals surface area contributed by atoms with Crippen LogP contribution >= 0.6 is 0 Å². The van der Waals surface area contributed by atoms with Gasteiger partial charge in [-0.15, -0.1) is 0 Å². The summed E-state index contributed by atoms with van der Waals surface area (Å²) in [6, 6.07) is 0.392. The first-order chi connectivity index (χ1) is 7.74. The van der Waals surface area contributed by atoms with Crippen LogP contribution in [0.3, 0.4) is 0 Å². The third kappa shape index (κ3) is 2.23. The zero-order valence-corrected chi connectivity index (χ0v) is 10.2. The van der Waals surface area contributed by atoms with Crippen LogP contribution in [0.2, 0.25) is 0 Å². The van der Waals surface area contributed by atoms with Gasteiger partial charge in [-0.05, 0) is 18.8 Å². The van der Waals surface area contributed by atoms with Gasteiger partial charge in [0, 0.05) is 26.2 Å². The molecule has 2 atom stereocenters. The molecule has 2 aliphatic rings. The van der Waals surface area contributed by atoms with E-state index in [1.165, 1.54) is 0 Å². The zero-order valence-electron chi connectivity index (χ0n) is 10.2. The summed E-state index contributed by atoms with van der Waals surface area (Å²) in [4.78, 5) is 14.4. The highest BCUT2D eigenvalue weighted by atomic mass is 16.5. The van der Waals surface area contributed by atoms with Gasteiger partial charge in [-0.25, -0.2) is 0 Å². The van der Waals surface area contributed by atoms with Crippen LogP contribution in [0.25, 0.3) is 0 Å². The summed E-state index contributed by atoms with van der Waals surface area (Å²) in [5, 5.41) is 3.22. The van der Waals surface area contributed by atoms with E-state index in [4.69, 9.17) is 4.74 Å². The van der Waals surface area contributed by atoms with Crippen molar-refractivity contribution in [3.05, 3.63) is 0 Å². The zero-order chi connectivity index (χ0) is 11.5. The number of amides is 1. The molecule has 2 heterocycles. The second-order valence-electron chi connectivity index (χ2n) is 4.90. The van der Waals surface area contributed by atoms with Gasteiger partial charge < -0.3 is 15.0 Å². The standard InChI is InChI=1S/C12H22N2O2/c1-3-5-14(10-7-13-8-10)12(15)11-9(2)4-6-16-11/h9-11,13H,3-8H2,1-2H3. The Balaban J connectivity index is 1.98. The lowest BCUT2D eigenvalue weighted by molar-refractivity contribution is -0.146. The molecule has 2 unspecified atom stereocenters. The van der Waals surface area contributed by atoms with Gasteiger partial charge >= 0.3 is 0 Å². The Morgan fingerprint density at radius 3 is 2.69 bits per heavy atom. The highest BCUT2D eigenvalue weighted by molar-refractivity contribution is 5.82.